The second-order valence-electron chi connectivity index (χ2n) is 6.59. The first kappa shape index (κ1) is 18.4. The summed E-state index contributed by atoms with van der Waals surface area (Å²) in [6, 6.07) is 16.2. The molecule has 1 aliphatic rings. The van der Waals surface area contributed by atoms with E-state index < -0.39 is 9.84 Å². The van der Waals surface area contributed by atoms with Crippen LogP contribution in [0.25, 0.3) is 6.08 Å². The van der Waals surface area contributed by atoms with Crippen molar-refractivity contribution in [1.82, 2.24) is 5.32 Å². The van der Waals surface area contributed by atoms with Gasteiger partial charge in [0, 0.05) is 0 Å². The molecule has 0 saturated carbocycles. The number of aryl methyl sites for hydroxylation is 1. The lowest BCUT2D eigenvalue weighted by atomic mass is 9.87. The number of nitrogens with zero attached hydrogens (tertiary/aromatic N) is 1. The molecule has 4 nitrogen and oxygen atoms in total. The molecule has 2 aromatic carbocycles. The predicted octanol–water partition coefficient (Wildman–Crippen LogP) is 3.80. The Morgan fingerprint density at radius 1 is 1.12 bits per heavy atom. The Balaban J connectivity index is 2.02. The van der Waals surface area contributed by atoms with Crippen LogP contribution in [0.1, 0.15) is 35.4 Å². The van der Waals surface area contributed by atoms with E-state index in [1.54, 1.807) is 24.3 Å². The number of nitriles is 1. The molecule has 1 fully saturated rings. The molecule has 5 heteroatoms. The number of nitrogens with one attached hydrogen (secondary N) is 1. The number of sulfone groups is 1. The molecule has 1 aliphatic heterocycles. The maximum Gasteiger partial charge on any atom is 0.216 e. The lowest BCUT2D eigenvalue weighted by Gasteiger charge is -2.24. The second kappa shape index (κ2) is 7.86. The van der Waals surface area contributed by atoms with Crippen molar-refractivity contribution >= 4 is 15.9 Å². The van der Waals surface area contributed by atoms with Gasteiger partial charge in [-0.3, -0.25) is 0 Å². The fourth-order valence-corrected chi connectivity index (χ4v) is 4.45. The zero-order valence-corrected chi connectivity index (χ0v) is 15.6. The van der Waals surface area contributed by atoms with Gasteiger partial charge < -0.3 is 5.32 Å². The summed E-state index contributed by atoms with van der Waals surface area (Å²) in [6.07, 6.45) is 3.54. The third-order valence-corrected chi connectivity index (χ3v) is 6.47. The van der Waals surface area contributed by atoms with E-state index in [-0.39, 0.29) is 9.80 Å². The fourth-order valence-electron chi connectivity index (χ4n) is 3.30. The zero-order valence-electron chi connectivity index (χ0n) is 14.8. The number of hydrogen-bond acceptors (Lipinski definition) is 4. The van der Waals surface area contributed by atoms with Crippen molar-refractivity contribution in [3.63, 3.8) is 0 Å². The van der Waals surface area contributed by atoms with E-state index in [2.05, 4.69) is 5.32 Å². The van der Waals surface area contributed by atoms with Gasteiger partial charge in [-0.25, -0.2) is 8.42 Å². The van der Waals surface area contributed by atoms with Gasteiger partial charge in [-0.15, -0.1) is 0 Å². The van der Waals surface area contributed by atoms with Crippen LogP contribution < -0.4 is 5.32 Å². The average Bonchev–Trinajstić information content (AvgIpc) is 2.67. The van der Waals surface area contributed by atoms with Gasteiger partial charge >= 0.3 is 0 Å². The van der Waals surface area contributed by atoms with Gasteiger partial charge in [0.1, 0.15) is 11.0 Å². The van der Waals surface area contributed by atoms with Crippen molar-refractivity contribution in [2.24, 2.45) is 0 Å². The van der Waals surface area contributed by atoms with Crippen molar-refractivity contribution in [1.29, 1.82) is 5.26 Å². The monoisotopic (exact) mass is 366 g/mol. The van der Waals surface area contributed by atoms with Gasteiger partial charge in [0.05, 0.1) is 4.90 Å². The summed E-state index contributed by atoms with van der Waals surface area (Å²) in [5, 5.41) is 12.9. The first-order valence-corrected chi connectivity index (χ1v) is 10.2. The van der Waals surface area contributed by atoms with Crippen LogP contribution in [0.5, 0.6) is 0 Å². The van der Waals surface area contributed by atoms with Crippen LogP contribution >= 0.6 is 0 Å². The van der Waals surface area contributed by atoms with E-state index in [1.807, 2.05) is 37.3 Å². The van der Waals surface area contributed by atoms with E-state index in [1.165, 1.54) is 6.08 Å². The van der Waals surface area contributed by atoms with Crippen LogP contribution in [-0.4, -0.2) is 21.5 Å². The SMILES string of the molecule is Cc1ccc(S(=O)(=O)C(C#N)=Cc2ccccc2C2CCNCC2)cc1. The van der Waals surface area contributed by atoms with Crippen molar-refractivity contribution in [3.8, 4) is 6.07 Å². The van der Waals surface area contributed by atoms with Crippen molar-refractivity contribution in [2.75, 3.05) is 13.1 Å². The van der Waals surface area contributed by atoms with Gasteiger partial charge in [-0.2, -0.15) is 5.26 Å². The zero-order chi connectivity index (χ0) is 18.6. The van der Waals surface area contributed by atoms with E-state index >= 15 is 0 Å². The molecule has 0 amide bonds. The number of piperidine rings is 1. The highest BCUT2D eigenvalue weighted by molar-refractivity contribution is 7.95. The summed E-state index contributed by atoms with van der Waals surface area (Å²) in [4.78, 5) is -0.0713. The molecule has 0 aliphatic carbocycles. The van der Waals surface area contributed by atoms with Crippen LogP contribution in [-0.2, 0) is 9.84 Å². The molecule has 0 spiro atoms. The number of rotatable bonds is 4. The molecule has 0 unspecified atom stereocenters. The molecule has 2 aromatic rings. The maximum absolute atomic E-state index is 12.9. The summed E-state index contributed by atoms with van der Waals surface area (Å²) < 4.78 is 25.7. The highest BCUT2D eigenvalue weighted by Gasteiger charge is 2.22. The van der Waals surface area contributed by atoms with E-state index in [0.29, 0.717) is 5.92 Å². The van der Waals surface area contributed by atoms with Gasteiger partial charge in [0.25, 0.3) is 0 Å². The molecule has 26 heavy (non-hydrogen) atoms. The highest BCUT2D eigenvalue weighted by atomic mass is 32.2. The average molecular weight is 366 g/mol. The van der Waals surface area contributed by atoms with Gasteiger partial charge in [-0.1, -0.05) is 42.0 Å². The smallest absolute Gasteiger partial charge is 0.216 e. The third kappa shape index (κ3) is 3.87. The largest absolute Gasteiger partial charge is 0.317 e. The molecule has 1 heterocycles. The fraction of sp³-hybridized carbons (Fsp3) is 0.286. The summed E-state index contributed by atoms with van der Waals surface area (Å²) in [7, 11) is -3.83. The first-order valence-electron chi connectivity index (χ1n) is 8.75. The Hall–Kier alpha value is -2.42. The van der Waals surface area contributed by atoms with Gasteiger partial charge in [0.15, 0.2) is 0 Å². The number of benzene rings is 2. The van der Waals surface area contributed by atoms with Crippen LogP contribution in [0, 0.1) is 18.3 Å². The molecule has 0 atom stereocenters. The summed E-state index contributed by atoms with van der Waals surface area (Å²) >= 11 is 0. The number of hydrogen-bond donors (Lipinski definition) is 1. The Morgan fingerprint density at radius 3 is 2.42 bits per heavy atom. The van der Waals surface area contributed by atoms with E-state index in [4.69, 9.17) is 0 Å². The summed E-state index contributed by atoms with van der Waals surface area (Å²) in [5.41, 5.74) is 2.90. The topological polar surface area (TPSA) is 70.0 Å². The summed E-state index contributed by atoms with van der Waals surface area (Å²) in [5.74, 6) is 0.380. The van der Waals surface area contributed by atoms with Crippen LogP contribution in [0.15, 0.2) is 58.3 Å². The van der Waals surface area contributed by atoms with Gasteiger partial charge in [0.2, 0.25) is 9.84 Å². The minimum Gasteiger partial charge on any atom is -0.317 e. The second-order valence-corrected chi connectivity index (χ2v) is 8.51. The first-order chi connectivity index (χ1) is 12.5. The minimum absolute atomic E-state index is 0.148. The quantitative estimate of drug-likeness (QED) is 0.836. The molecule has 0 bridgehead atoms. The van der Waals surface area contributed by atoms with Crippen molar-refractivity contribution < 1.29 is 8.42 Å². The lowest BCUT2D eigenvalue weighted by molar-refractivity contribution is 0.460. The Morgan fingerprint density at radius 2 is 1.77 bits per heavy atom. The molecular formula is C21H22N2O2S. The molecule has 1 saturated heterocycles. The Kier molecular flexibility index (Phi) is 5.55. The van der Waals surface area contributed by atoms with Gasteiger partial charge in [-0.05, 0) is 68.1 Å². The Bertz CT molecular complexity index is 948. The van der Waals surface area contributed by atoms with E-state index in [0.717, 1.165) is 42.6 Å². The molecular weight excluding hydrogens is 344 g/mol. The molecule has 3 rings (SSSR count). The molecule has 1 N–H and O–H groups in total. The molecule has 0 aromatic heterocycles. The maximum atomic E-state index is 12.9. The minimum atomic E-state index is -3.83. The number of allylic oxidation sites excluding steroid dienone is 1. The van der Waals surface area contributed by atoms with Crippen LogP contribution in [0.4, 0.5) is 0 Å². The van der Waals surface area contributed by atoms with Crippen LogP contribution in [0.3, 0.4) is 0 Å². The molecule has 134 valence electrons. The van der Waals surface area contributed by atoms with Crippen LogP contribution in [0.2, 0.25) is 0 Å². The van der Waals surface area contributed by atoms with Crippen molar-refractivity contribution in [2.45, 2.75) is 30.6 Å². The highest BCUT2D eigenvalue weighted by Crippen LogP contribution is 2.30. The normalized spacial score (nSPS) is 16.2. The predicted molar refractivity (Wildman–Crippen MR) is 103 cm³/mol. The van der Waals surface area contributed by atoms with Crippen molar-refractivity contribution in [3.05, 3.63) is 70.1 Å². The standard InChI is InChI=1S/C21H22N2O2S/c1-16-6-8-19(9-7-16)26(24,25)20(15-22)14-18-4-2-3-5-21(18)17-10-12-23-13-11-17/h2-9,14,17,23H,10-13H2,1H3. The Labute approximate surface area is 155 Å². The third-order valence-electron chi connectivity index (χ3n) is 4.79. The van der Waals surface area contributed by atoms with E-state index in [9.17, 15) is 13.7 Å². The summed E-state index contributed by atoms with van der Waals surface area (Å²) in [6.45, 7) is 3.80. The molecule has 0 radical (unpaired) electrons. The lowest BCUT2D eigenvalue weighted by Crippen LogP contribution is -2.26.